The first-order valence-corrected chi connectivity index (χ1v) is 6.49. The molecule has 21 heavy (non-hydrogen) atoms. The summed E-state index contributed by atoms with van der Waals surface area (Å²) in [4.78, 5) is 0. The molecule has 0 aliphatic heterocycles. The molecule has 0 spiro atoms. The highest BCUT2D eigenvalue weighted by atomic mass is 19.4. The van der Waals surface area contributed by atoms with E-state index in [4.69, 9.17) is 0 Å². The molecule has 1 aliphatic carbocycles. The summed E-state index contributed by atoms with van der Waals surface area (Å²) >= 11 is 0. The van der Waals surface area contributed by atoms with Crippen LogP contribution in [0.1, 0.15) is 36.8 Å². The molecule has 0 bridgehead atoms. The van der Waals surface area contributed by atoms with Gasteiger partial charge in [0.15, 0.2) is 0 Å². The van der Waals surface area contributed by atoms with Crippen molar-refractivity contribution in [3.63, 3.8) is 0 Å². The Morgan fingerprint density at radius 2 is 1.57 bits per heavy atom. The lowest BCUT2D eigenvalue weighted by Crippen LogP contribution is -2.36. The number of alkyl halides is 6. The summed E-state index contributed by atoms with van der Waals surface area (Å²) in [6, 6.07) is 4.16. The van der Waals surface area contributed by atoms with Crippen molar-refractivity contribution < 1.29 is 31.4 Å². The summed E-state index contributed by atoms with van der Waals surface area (Å²) in [5.74, 6) is -1.50. The number of rotatable bonds is 1. The highest BCUT2D eigenvalue weighted by Gasteiger charge is 2.46. The molecule has 1 fully saturated rings. The predicted molar refractivity (Wildman–Crippen MR) is 63.4 cm³/mol. The molecule has 1 nitrogen and oxygen atoms in total. The van der Waals surface area contributed by atoms with Crippen LogP contribution in [0.25, 0.3) is 0 Å². The van der Waals surface area contributed by atoms with Gasteiger partial charge in [-0.15, -0.1) is 0 Å². The smallest absolute Gasteiger partial charge is 0.385 e. The van der Waals surface area contributed by atoms with E-state index in [2.05, 4.69) is 0 Å². The molecule has 0 atom stereocenters. The molecule has 0 radical (unpaired) electrons. The monoisotopic (exact) mass is 312 g/mol. The normalized spacial score (nSPS) is 27.7. The zero-order valence-corrected chi connectivity index (χ0v) is 10.9. The van der Waals surface area contributed by atoms with Crippen molar-refractivity contribution in [1.82, 2.24) is 0 Å². The number of hydrogen-bond donors (Lipinski definition) is 1. The van der Waals surface area contributed by atoms with Crippen LogP contribution in [0, 0.1) is 5.92 Å². The Morgan fingerprint density at radius 3 is 2.05 bits per heavy atom. The van der Waals surface area contributed by atoms with Gasteiger partial charge in [0.1, 0.15) is 0 Å². The molecule has 1 N–H and O–H groups in total. The Bertz CT molecular complexity index is 497. The summed E-state index contributed by atoms with van der Waals surface area (Å²) in [6.07, 6.45) is -9.83. The third-order valence-electron chi connectivity index (χ3n) is 4.00. The van der Waals surface area contributed by atoms with Gasteiger partial charge in [-0.05, 0) is 43.4 Å². The number of benzene rings is 1. The molecule has 1 aromatic rings. The molecule has 118 valence electrons. The second-order valence-corrected chi connectivity index (χ2v) is 5.43. The Morgan fingerprint density at radius 1 is 1.00 bits per heavy atom. The third kappa shape index (κ3) is 3.51. The predicted octanol–water partition coefficient (Wildman–Crippen LogP) is 4.65. The first kappa shape index (κ1) is 16.1. The van der Waals surface area contributed by atoms with Gasteiger partial charge in [0.05, 0.1) is 17.1 Å². The first-order chi connectivity index (χ1) is 9.52. The van der Waals surface area contributed by atoms with Crippen LogP contribution in [0.15, 0.2) is 24.3 Å². The maximum absolute atomic E-state index is 12.6. The van der Waals surface area contributed by atoms with Gasteiger partial charge in [0.2, 0.25) is 0 Å². The van der Waals surface area contributed by atoms with Gasteiger partial charge in [0, 0.05) is 0 Å². The molecule has 0 aromatic heterocycles. The molecule has 0 saturated heterocycles. The van der Waals surface area contributed by atoms with Gasteiger partial charge >= 0.3 is 12.4 Å². The van der Waals surface area contributed by atoms with Gasteiger partial charge in [-0.25, -0.2) is 0 Å². The zero-order chi connectivity index (χ0) is 15.9. The van der Waals surface area contributed by atoms with E-state index in [-0.39, 0.29) is 31.2 Å². The summed E-state index contributed by atoms with van der Waals surface area (Å²) in [5.41, 5.74) is -2.51. The van der Waals surface area contributed by atoms with Gasteiger partial charge in [-0.1, -0.05) is 12.1 Å². The molecule has 2 rings (SSSR count). The lowest BCUT2D eigenvalue weighted by Gasteiger charge is -2.37. The Kier molecular flexibility index (Phi) is 3.99. The van der Waals surface area contributed by atoms with Crippen LogP contribution < -0.4 is 0 Å². The van der Waals surface area contributed by atoms with Crippen molar-refractivity contribution in [3.05, 3.63) is 35.4 Å². The Hall–Kier alpha value is -1.24. The van der Waals surface area contributed by atoms with Crippen LogP contribution in [0.3, 0.4) is 0 Å². The molecular formula is C14H14F6O. The summed E-state index contributed by atoms with van der Waals surface area (Å²) in [6.45, 7) is 0. The van der Waals surface area contributed by atoms with E-state index in [1.54, 1.807) is 0 Å². The standard InChI is InChI=1S/C14H14F6O/c15-13(16,17)9-4-6-12(21,7-5-9)10-2-1-3-11(8-10)14(18,19)20/h1-3,8-9,21H,4-7H2. The van der Waals surface area contributed by atoms with Gasteiger partial charge < -0.3 is 5.11 Å². The average molecular weight is 312 g/mol. The van der Waals surface area contributed by atoms with Crippen LogP contribution >= 0.6 is 0 Å². The van der Waals surface area contributed by atoms with Crippen LogP contribution in [-0.2, 0) is 11.8 Å². The molecule has 1 aliphatic rings. The minimum absolute atomic E-state index is 0.0259. The van der Waals surface area contributed by atoms with Crippen LogP contribution in [-0.4, -0.2) is 11.3 Å². The van der Waals surface area contributed by atoms with Crippen LogP contribution in [0.2, 0.25) is 0 Å². The van der Waals surface area contributed by atoms with Gasteiger partial charge in [-0.2, -0.15) is 26.3 Å². The van der Waals surface area contributed by atoms with E-state index in [0.717, 1.165) is 18.2 Å². The molecule has 7 heteroatoms. The first-order valence-electron chi connectivity index (χ1n) is 6.49. The van der Waals surface area contributed by atoms with E-state index in [0.29, 0.717) is 0 Å². The minimum atomic E-state index is -4.55. The second kappa shape index (κ2) is 5.19. The molecule has 0 unspecified atom stereocenters. The molecule has 0 heterocycles. The summed E-state index contributed by atoms with van der Waals surface area (Å²) in [7, 11) is 0. The van der Waals surface area contributed by atoms with E-state index in [9.17, 15) is 31.4 Å². The van der Waals surface area contributed by atoms with Crippen molar-refractivity contribution >= 4 is 0 Å². The van der Waals surface area contributed by atoms with Crippen LogP contribution in [0.4, 0.5) is 26.3 Å². The molecule has 1 aromatic carbocycles. The van der Waals surface area contributed by atoms with Crippen molar-refractivity contribution in [3.8, 4) is 0 Å². The van der Waals surface area contributed by atoms with Crippen molar-refractivity contribution in [2.45, 2.75) is 43.6 Å². The van der Waals surface area contributed by atoms with Crippen molar-refractivity contribution in [1.29, 1.82) is 0 Å². The quantitative estimate of drug-likeness (QED) is 0.749. The fraction of sp³-hybridized carbons (Fsp3) is 0.571. The Labute approximate surface area is 117 Å². The van der Waals surface area contributed by atoms with Gasteiger partial charge in [0.25, 0.3) is 0 Å². The van der Waals surface area contributed by atoms with E-state index >= 15 is 0 Å². The van der Waals surface area contributed by atoms with Crippen molar-refractivity contribution in [2.75, 3.05) is 0 Å². The van der Waals surface area contributed by atoms with Crippen molar-refractivity contribution in [2.24, 2.45) is 5.92 Å². The summed E-state index contributed by atoms with van der Waals surface area (Å²) < 4.78 is 75.7. The molecular weight excluding hydrogens is 298 g/mol. The van der Waals surface area contributed by atoms with E-state index in [1.165, 1.54) is 6.07 Å². The Balaban J connectivity index is 2.19. The molecule has 1 saturated carbocycles. The SMILES string of the molecule is OC1(c2cccc(C(F)(F)F)c2)CCC(C(F)(F)F)CC1. The number of aliphatic hydroxyl groups is 1. The van der Waals surface area contributed by atoms with Crippen LogP contribution in [0.5, 0.6) is 0 Å². The minimum Gasteiger partial charge on any atom is -0.385 e. The van der Waals surface area contributed by atoms with Gasteiger partial charge in [-0.3, -0.25) is 0 Å². The second-order valence-electron chi connectivity index (χ2n) is 5.43. The topological polar surface area (TPSA) is 20.2 Å². The van der Waals surface area contributed by atoms with E-state index < -0.39 is 29.4 Å². The zero-order valence-electron chi connectivity index (χ0n) is 10.9. The fourth-order valence-corrected chi connectivity index (χ4v) is 2.70. The third-order valence-corrected chi connectivity index (χ3v) is 4.00. The average Bonchev–Trinajstić information content (AvgIpc) is 2.37. The molecule has 0 amide bonds. The maximum atomic E-state index is 12.6. The van der Waals surface area contributed by atoms with E-state index in [1.807, 2.05) is 0 Å². The summed E-state index contributed by atoms with van der Waals surface area (Å²) in [5, 5.41) is 10.4. The highest BCUT2D eigenvalue weighted by Crippen LogP contribution is 2.45. The fourth-order valence-electron chi connectivity index (χ4n) is 2.70. The number of hydrogen-bond acceptors (Lipinski definition) is 1. The maximum Gasteiger partial charge on any atom is 0.416 e. The number of halogens is 6. The highest BCUT2D eigenvalue weighted by molar-refractivity contribution is 5.30. The lowest BCUT2D eigenvalue weighted by atomic mass is 9.74. The lowest BCUT2D eigenvalue weighted by molar-refractivity contribution is -0.193. The largest absolute Gasteiger partial charge is 0.416 e.